The Morgan fingerprint density at radius 3 is 2.65 bits per heavy atom. The highest BCUT2D eigenvalue weighted by atomic mass is 32.1. The number of hydrogen-bond acceptors (Lipinski definition) is 4. The lowest BCUT2D eigenvalue weighted by Gasteiger charge is -2.18. The number of aromatic carboxylic acids is 1. The summed E-state index contributed by atoms with van der Waals surface area (Å²) < 4.78 is 0. The molecule has 1 heterocycles. The van der Waals surface area contributed by atoms with Crippen molar-refractivity contribution in [1.29, 1.82) is 0 Å². The van der Waals surface area contributed by atoms with Crippen LogP contribution in [-0.4, -0.2) is 42.0 Å². The van der Waals surface area contributed by atoms with E-state index in [2.05, 4.69) is 5.32 Å². The van der Waals surface area contributed by atoms with Crippen molar-refractivity contribution in [3.63, 3.8) is 0 Å². The summed E-state index contributed by atoms with van der Waals surface area (Å²) in [6, 6.07) is 3.39. The zero-order chi connectivity index (χ0) is 12.8. The molecule has 1 amide bonds. The molecule has 0 aliphatic heterocycles. The molecule has 2 N–H and O–H groups in total. The summed E-state index contributed by atoms with van der Waals surface area (Å²) in [6.45, 7) is 3.64. The quantitative estimate of drug-likeness (QED) is 0.797. The van der Waals surface area contributed by atoms with Crippen molar-refractivity contribution in [2.45, 2.75) is 13.5 Å². The Morgan fingerprint density at radius 2 is 2.18 bits per heavy atom. The van der Waals surface area contributed by atoms with E-state index in [0.29, 0.717) is 18.0 Å². The first kappa shape index (κ1) is 13.7. The van der Waals surface area contributed by atoms with Crippen LogP contribution in [0.4, 0.5) is 0 Å². The summed E-state index contributed by atoms with van der Waals surface area (Å²) >= 11 is 1.25. The van der Waals surface area contributed by atoms with Gasteiger partial charge in [0.1, 0.15) is 4.88 Å². The molecule has 1 aromatic rings. The summed E-state index contributed by atoms with van der Waals surface area (Å²) in [5, 5.41) is 11.4. The zero-order valence-corrected chi connectivity index (χ0v) is 10.7. The number of carbonyl (C=O) groups excluding carboxylic acids is 1. The van der Waals surface area contributed by atoms with Gasteiger partial charge in [-0.3, -0.25) is 9.69 Å². The minimum atomic E-state index is -0.907. The second kappa shape index (κ2) is 6.36. The molecular weight excluding hydrogens is 240 g/mol. The maximum atomic E-state index is 11.2. The minimum Gasteiger partial charge on any atom is -0.477 e. The standard InChI is InChI=1S/C11H16N2O3S/c1-3-13(7-10(14)12-2)6-8-4-5-9(17-8)11(15)16/h4-5H,3,6-7H2,1-2H3,(H,12,14)(H,15,16). The van der Waals surface area contributed by atoms with Crippen LogP contribution in [0.1, 0.15) is 21.5 Å². The lowest BCUT2D eigenvalue weighted by Crippen LogP contribution is -2.34. The van der Waals surface area contributed by atoms with E-state index in [4.69, 9.17) is 5.11 Å². The van der Waals surface area contributed by atoms with Crippen LogP contribution in [0.2, 0.25) is 0 Å². The van der Waals surface area contributed by atoms with Crippen molar-refractivity contribution in [1.82, 2.24) is 10.2 Å². The van der Waals surface area contributed by atoms with Gasteiger partial charge in [-0.1, -0.05) is 6.92 Å². The first-order valence-corrected chi connectivity index (χ1v) is 6.13. The Kier molecular flexibility index (Phi) is 5.11. The van der Waals surface area contributed by atoms with Crippen LogP contribution in [0.3, 0.4) is 0 Å². The molecule has 17 heavy (non-hydrogen) atoms. The summed E-state index contributed by atoms with van der Waals surface area (Å²) in [6.07, 6.45) is 0. The number of carboxylic acid groups (broad SMARTS) is 1. The molecule has 1 aromatic heterocycles. The van der Waals surface area contributed by atoms with Crippen molar-refractivity contribution >= 4 is 23.2 Å². The first-order valence-electron chi connectivity index (χ1n) is 5.31. The number of nitrogens with zero attached hydrogens (tertiary/aromatic N) is 1. The van der Waals surface area contributed by atoms with Crippen molar-refractivity contribution in [2.75, 3.05) is 20.1 Å². The molecule has 0 saturated heterocycles. The smallest absolute Gasteiger partial charge is 0.345 e. The molecule has 0 atom stereocenters. The molecule has 0 aliphatic rings. The third kappa shape index (κ3) is 4.16. The fourth-order valence-electron chi connectivity index (χ4n) is 1.36. The highest BCUT2D eigenvalue weighted by Crippen LogP contribution is 2.18. The number of nitrogens with one attached hydrogen (secondary N) is 1. The highest BCUT2D eigenvalue weighted by molar-refractivity contribution is 7.13. The number of amides is 1. The minimum absolute atomic E-state index is 0.0399. The average molecular weight is 256 g/mol. The van der Waals surface area contributed by atoms with Gasteiger partial charge in [-0.2, -0.15) is 0 Å². The van der Waals surface area contributed by atoms with Gasteiger partial charge in [0.25, 0.3) is 0 Å². The Balaban J connectivity index is 2.60. The maximum Gasteiger partial charge on any atom is 0.345 e. The van der Waals surface area contributed by atoms with Gasteiger partial charge in [-0.25, -0.2) is 4.79 Å². The van der Waals surface area contributed by atoms with E-state index in [-0.39, 0.29) is 5.91 Å². The fraction of sp³-hybridized carbons (Fsp3) is 0.455. The van der Waals surface area contributed by atoms with E-state index >= 15 is 0 Å². The van der Waals surface area contributed by atoms with Crippen LogP contribution >= 0.6 is 11.3 Å². The topological polar surface area (TPSA) is 69.6 Å². The lowest BCUT2D eigenvalue weighted by atomic mass is 10.3. The largest absolute Gasteiger partial charge is 0.477 e. The second-order valence-electron chi connectivity index (χ2n) is 3.55. The Morgan fingerprint density at radius 1 is 1.47 bits per heavy atom. The lowest BCUT2D eigenvalue weighted by molar-refractivity contribution is -0.121. The second-order valence-corrected chi connectivity index (χ2v) is 4.72. The summed E-state index contributed by atoms with van der Waals surface area (Å²) in [7, 11) is 1.60. The van der Waals surface area contributed by atoms with E-state index in [0.717, 1.165) is 11.4 Å². The van der Waals surface area contributed by atoms with Gasteiger partial charge in [0.05, 0.1) is 6.54 Å². The van der Waals surface area contributed by atoms with E-state index in [1.54, 1.807) is 19.2 Å². The molecule has 6 heteroatoms. The first-order chi connectivity index (χ1) is 8.06. The number of hydrogen-bond donors (Lipinski definition) is 2. The number of thiophene rings is 1. The summed E-state index contributed by atoms with van der Waals surface area (Å²) in [5.74, 6) is -0.947. The van der Waals surface area contributed by atoms with Crippen molar-refractivity contribution in [2.24, 2.45) is 0 Å². The average Bonchev–Trinajstić information content (AvgIpc) is 2.76. The predicted octanol–water partition coefficient (Wildman–Crippen LogP) is 1.01. The van der Waals surface area contributed by atoms with Crippen LogP contribution in [0.15, 0.2) is 12.1 Å². The van der Waals surface area contributed by atoms with Gasteiger partial charge < -0.3 is 10.4 Å². The van der Waals surface area contributed by atoms with Gasteiger partial charge in [-0.05, 0) is 18.7 Å². The van der Waals surface area contributed by atoms with Gasteiger partial charge >= 0.3 is 5.97 Å². The molecule has 0 spiro atoms. The van der Waals surface area contributed by atoms with Crippen molar-refractivity contribution in [3.05, 3.63) is 21.9 Å². The molecule has 94 valence electrons. The SMILES string of the molecule is CCN(CC(=O)NC)Cc1ccc(C(=O)O)s1. The van der Waals surface area contributed by atoms with E-state index in [1.165, 1.54) is 11.3 Å². The summed E-state index contributed by atoms with van der Waals surface area (Å²) in [4.78, 5) is 25.2. The van der Waals surface area contributed by atoms with E-state index in [9.17, 15) is 9.59 Å². The molecule has 0 fully saturated rings. The van der Waals surface area contributed by atoms with Gasteiger partial charge in [0, 0.05) is 18.5 Å². The number of carboxylic acids is 1. The van der Waals surface area contributed by atoms with Gasteiger partial charge in [0.15, 0.2) is 0 Å². The Hall–Kier alpha value is -1.40. The van der Waals surface area contributed by atoms with Crippen LogP contribution in [0.25, 0.3) is 0 Å². The van der Waals surface area contributed by atoms with Crippen LogP contribution in [0.5, 0.6) is 0 Å². The summed E-state index contributed by atoms with van der Waals surface area (Å²) in [5.41, 5.74) is 0. The van der Waals surface area contributed by atoms with Crippen molar-refractivity contribution < 1.29 is 14.7 Å². The highest BCUT2D eigenvalue weighted by Gasteiger charge is 2.11. The number of likely N-dealkylation sites (N-methyl/N-ethyl adjacent to an activating group) is 2. The monoisotopic (exact) mass is 256 g/mol. The van der Waals surface area contributed by atoms with Crippen LogP contribution in [0, 0.1) is 0 Å². The molecule has 0 radical (unpaired) electrons. The normalized spacial score (nSPS) is 10.5. The molecule has 1 rings (SSSR count). The molecule has 0 aromatic carbocycles. The molecule has 0 saturated carbocycles. The molecule has 0 bridgehead atoms. The van der Waals surface area contributed by atoms with Crippen LogP contribution < -0.4 is 5.32 Å². The molecule has 0 aliphatic carbocycles. The van der Waals surface area contributed by atoms with Crippen LogP contribution in [-0.2, 0) is 11.3 Å². The number of rotatable bonds is 6. The van der Waals surface area contributed by atoms with E-state index in [1.807, 2.05) is 11.8 Å². The third-order valence-corrected chi connectivity index (χ3v) is 3.40. The molecule has 5 nitrogen and oxygen atoms in total. The van der Waals surface area contributed by atoms with Gasteiger partial charge in [0.2, 0.25) is 5.91 Å². The van der Waals surface area contributed by atoms with Crippen molar-refractivity contribution in [3.8, 4) is 0 Å². The Labute approximate surface area is 104 Å². The molecular formula is C11H16N2O3S. The Bertz CT molecular complexity index is 403. The van der Waals surface area contributed by atoms with E-state index < -0.39 is 5.97 Å². The maximum absolute atomic E-state index is 11.2. The molecule has 0 unspecified atom stereocenters. The van der Waals surface area contributed by atoms with Gasteiger partial charge in [-0.15, -0.1) is 11.3 Å². The zero-order valence-electron chi connectivity index (χ0n) is 9.90. The fourth-order valence-corrected chi connectivity index (χ4v) is 2.25. The predicted molar refractivity (Wildman–Crippen MR) is 66.3 cm³/mol. The number of carbonyl (C=O) groups is 2. The third-order valence-electron chi connectivity index (χ3n) is 2.35.